The SMILES string of the molecule is CCc1nn(C)cc1-c1ccc(C=O)cc1C. The van der Waals surface area contributed by atoms with Gasteiger partial charge in [-0.3, -0.25) is 9.48 Å². The Balaban J connectivity index is 2.55. The molecule has 0 saturated carbocycles. The van der Waals surface area contributed by atoms with Gasteiger partial charge in [-0.2, -0.15) is 5.10 Å². The van der Waals surface area contributed by atoms with Gasteiger partial charge in [-0.25, -0.2) is 0 Å². The molecule has 0 spiro atoms. The van der Waals surface area contributed by atoms with Gasteiger partial charge in [-0.05, 0) is 30.5 Å². The maximum absolute atomic E-state index is 10.7. The van der Waals surface area contributed by atoms with Crippen LogP contribution in [0.2, 0.25) is 0 Å². The zero-order valence-electron chi connectivity index (χ0n) is 10.4. The Hall–Kier alpha value is -1.90. The molecule has 0 radical (unpaired) electrons. The number of rotatable bonds is 3. The van der Waals surface area contributed by atoms with E-state index in [1.807, 2.05) is 43.0 Å². The van der Waals surface area contributed by atoms with E-state index in [9.17, 15) is 4.79 Å². The molecule has 88 valence electrons. The molecule has 0 amide bonds. The van der Waals surface area contributed by atoms with Gasteiger partial charge in [0.05, 0.1) is 5.69 Å². The average molecular weight is 228 g/mol. The van der Waals surface area contributed by atoms with Gasteiger partial charge in [0, 0.05) is 24.4 Å². The predicted molar refractivity (Wildman–Crippen MR) is 68.1 cm³/mol. The van der Waals surface area contributed by atoms with Crippen molar-refractivity contribution in [2.45, 2.75) is 20.3 Å². The van der Waals surface area contributed by atoms with E-state index in [4.69, 9.17) is 0 Å². The van der Waals surface area contributed by atoms with Crippen LogP contribution in [0.5, 0.6) is 0 Å². The summed E-state index contributed by atoms with van der Waals surface area (Å²) in [5.74, 6) is 0. The van der Waals surface area contributed by atoms with Gasteiger partial charge in [-0.15, -0.1) is 0 Å². The smallest absolute Gasteiger partial charge is 0.150 e. The molecule has 1 heterocycles. The third kappa shape index (κ3) is 2.13. The molecule has 0 saturated heterocycles. The highest BCUT2D eigenvalue weighted by Crippen LogP contribution is 2.27. The van der Waals surface area contributed by atoms with Crippen molar-refractivity contribution >= 4 is 6.29 Å². The molecule has 17 heavy (non-hydrogen) atoms. The molecular weight excluding hydrogens is 212 g/mol. The maximum atomic E-state index is 10.7. The van der Waals surface area contributed by atoms with Crippen LogP contribution in [0.1, 0.15) is 28.5 Å². The molecule has 0 atom stereocenters. The number of aromatic nitrogens is 2. The summed E-state index contributed by atoms with van der Waals surface area (Å²) in [6.07, 6.45) is 3.81. The maximum Gasteiger partial charge on any atom is 0.150 e. The Kier molecular flexibility index (Phi) is 3.09. The third-order valence-electron chi connectivity index (χ3n) is 2.92. The molecule has 2 aromatic rings. The number of nitrogens with zero attached hydrogens (tertiary/aromatic N) is 2. The van der Waals surface area contributed by atoms with E-state index in [0.29, 0.717) is 5.56 Å². The van der Waals surface area contributed by atoms with Crippen molar-refractivity contribution < 1.29 is 4.79 Å². The van der Waals surface area contributed by atoms with Crippen LogP contribution in [0.15, 0.2) is 24.4 Å². The second kappa shape index (κ2) is 4.53. The number of benzene rings is 1. The minimum Gasteiger partial charge on any atom is -0.298 e. The number of hydrogen-bond acceptors (Lipinski definition) is 2. The fourth-order valence-corrected chi connectivity index (χ4v) is 2.08. The van der Waals surface area contributed by atoms with Crippen LogP contribution in [0.4, 0.5) is 0 Å². The topological polar surface area (TPSA) is 34.9 Å². The summed E-state index contributed by atoms with van der Waals surface area (Å²) in [5, 5.41) is 4.44. The highest BCUT2D eigenvalue weighted by Gasteiger charge is 2.10. The second-order valence-corrected chi connectivity index (χ2v) is 4.21. The molecule has 1 aromatic carbocycles. The summed E-state index contributed by atoms with van der Waals surface area (Å²) in [5.41, 5.74) is 5.23. The van der Waals surface area contributed by atoms with Crippen molar-refractivity contribution in [1.29, 1.82) is 0 Å². The molecule has 0 aliphatic rings. The Morgan fingerprint density at radius 1 is 1.35 bits per heavy atom. The van der Waals surface area contributed by atoms with Gasteiger partial charge >= 0.3 is 0 Å². The predicted octanol–water partition coefficient (Wildman–Crippen LogP) is 2.77. The molecule has 0 unspecified atom stereocenters. The number of aldehydes is 1. The van der Waals surface area contributed by atoms with E-state index >= 15 is 0 Å². The number of hydrogen-bond donors (Lipinski definition) is 0. The Morgan fingerprint density at radius 2 is 2.12 bits per heavy atom. The van der Waals surface area contributed by atoms with Crippen molar-refractivity contribution in [2.24, 2.45) is 7.05 Å². The van der Waals surface area contributed by atoms with Gasteiger partial charge in [0.2, 0.25) is 0 Å². The minimum atomic E-state index is 0.716. The highest BCUT2D eigenvalue weighted by molar-refractivity contribution is 5.79. The van der Waals surface area contributed by atoms with Crippen LogP contribution in [0.3, 0.4) is 0 Å². The van der Waals surface area contributed by atoms with Crippen LogP contribution in [0, 0.1) is 6.92 Å². The molecule has 0 aliphatic heterocycles. The fraction of sp³-hybridized carbons (Fsp3) is 0.286. The van der Waals surface area contributed by atoms with Crippen LogP contribution in [-0.2, 0) is 13.5 Å². The van der Waals surface area contributed by atoms with E-state index < -0.39 is 0 Å². The molecule has 0 N–H and O–H groups in total. The number of carbonyl (C=O) groups is 1. The highest BCUT2D eigenvalue weighted by atomic mass is 16.1. The zero-order valence-corrected chi connectivity index (χ0v) is 10.4. The van der Waals surface area contributed by atoms with Crippen LogP contribution >= 0.6 is 0 Å². The number of carbonyl (C=O) groups excluding carboxylic acids is 1. The first-order chi connectivity index (χ1) is 8.15. The Morgan fingerprint density at radius 3 is 2.71 bits per heavy atom. The van der Waals surface area contributed by atoms with Gasteiger partial charge in [0.1, 0.15) is 6.29 Å². The molecule has 2 rings (SSSR count). The summed E-state index contributed by atoms with van der Waals surface area (Å²) >= 11 is 0. The van der Waals surface area contributed by atoms with Gasteiger partial charge < -0.3 is 0 Å². The Labute approximate surface area is 101 Å². The molecule has 0 bridgehead atoms. The van der Waals surface area contributed by atoms with Crippen molar-refractivity contribution in [3.05, 3.63) is 41.2 Å². The average Bonchev–Trinajstić information content (AvgIpc) is 2.70. The lowest BCUT2D eigenvalue weighted by molar-refractivity contribution is 0.112. The third-order valence-corrected chi connectivity index (χ3v) is 2.92. The Bertz CT molecular complexity index is 555. The quantitative estimate of drug-likeness (QED) is 0.757. The first-order valence-electron chi connectivity index (χ1n) is 5.74. The largest absolute Gasteiger partial charge is 0.298 e. The summed E-state index contributed by atoms with van der Waals surface area (Å²) in [6, 6.07) is 5.76. The first kappa shape index (κ1) is 11.6. The molecular formula is C14H16N2O. The summed E-state index contributed by atoms with van der Waals surface area (Å²) in [7, 11) is 1.93. The zero-order chi connectivity index (χ0) is 12.4. The monoisotopic (exact) mass is 228 g/mol. The minimum absolute atomic E-state index is 0.716. The summed E-state index contributed by atoms with van der Waals surface area (Å²) in [6.45, 7) is 4.12. The first-order valence-corrected chi connectivity index (χ1v) is 5.74. The standard InChI is InChI=1S/C14H16N2O/c1-4-14-13(8-16(3)15-14)12-6-5-11(9-17)7-10(12)2/h5-9H,4H2,1-3H3. The van der Waals surface area contributed by atoms with Crippen molar-refractivity contribution in [3.63, 3.8) is 0 Å². The fourth-order valence-electron chi connectivity index (χ4n) is 2.08. The van der Waals surface area contributed by atoms with E-state index in [0.717, 1.165) is 35.1 Å². The van der Waals surface area contributed by atoms with E-state index in [2.05, 4.69) is 12.0 Å². The van der Waals surface area contributed by atoms with E-state index in [1.54, 1.807) is 0 Å². The van der Waals surface area contributed by atoms with E-state index in [-0.39, 0.29) is 0 Å². The summed E-state index contributed by atoms with van der Waals surface area (Å²) in [4.78, 5) is 10.7. The lowest BCUT2D eigenvalue weighted by atomic mass is 9.98. The second-order valence-electron chi connectivity index (χ2n) is 4.21. The van der Waals surface area contributed by atoms with Gasteiger partial charge in [-0.1, -0.05) is 19.1 Å². The van der Waals surface area contributed by atoms with Crippen LogP contribution in [0.25, 0.3) is 11.1 Å². The normalized spacial score (nSPS) is 10.5. The van der Waals surface area contributed by atoms with Crippen LogP contribution in [-0.4, -0.2) is 16.1 Å². The van der Waals surface area contributed by atoms with Gasteiger partial charge in [0.25, 0.3) is 0 Å². The van der Waals surface area contributed by atoms with E-state index in [1.165, 1.54) is 0 Å². The van der Waals surface area contributed by atoms with Crippen molar-refractivity contribution in [1.82, 2.24) is 9.78 Å². The van der Waals surface area contributed by atoms with Crippen LogP contribution < -0.4 is 0 Å². The lowest BCUT2D eigenvalue weighted by Crippen LogP contribution is -1.90. The molecule has 0 aliphatic carbocycles. The summed E-state index contributed by atoms with van der Waals surface area (Å²) < 4.78 is 1.83. The molecule has 3 heteroatoms. The lowest BCUT2D eigenvalue weighted by Gasteiger charge is -2.05. The molecule has 3 nitrogen and oxygen atoms in total. The van der Waals surface area contributed by atoms with Crippen molar-refractivity contribution in [2.75, 3.05) is 0 Å². The van der Waals surface area contributed by atoms with Gasteiger partial charge in [0.15, 0.2) is 0 Å². The number of aryl methyl sites for hydroxylation is 3. The molecule has 0 fully saturated rings. The van der Waals surface area contributed by atoms with Crippen molar-refractivity contribution in [3.8, 4) is 11.1 Å². The molecule has 1 aromatic heterocycles.